The summed E-state index contributed by atoms with van der Waals surface area (Å²) < 4.78 is 20.3. The van der Waals surface area contributed by atoms with Gasteiger partial charge in [0, 0.05) is 6.54 Å². The van der Waals surface area contributed by atoms with E-state index in [1.54, 1.807) is 12.1 Å². The van der Waals surface area contributed by atoms with Crippen molar-refractivity contribution >= 4 is 22.9 Å². The summed E-state index contributed by atoms with van der Waals surface area (Å²) in [4.78, 5) is 12.5. The van der Waals surface area contributed by atoms with Crippen molar-refractivity contribution in [3.63, 3.8) is 0 Å². The first-order chi connectivity index (χ1) is 13.5. The summed E-state index contributed by atoms with van der Waals surface area (Å²) in [6.45, 7) is -0.164. The largest absolute Gasteiger partial charge is 0.394 e. The lowest BCUT2D eigenvalue weighted by molar-refractivity contribution is -0.0511. The first-order valence-corrected chi connectivity index (χ1v) is 8.58. The Kier molecular flexibility index (Phi) is 4.81. The molecule has 11 heteroatoms. The minimum absolute atomic E-state index is 0.0391. The fourth-order valence-electron chi connectivity index (χ4n) is 3.19. The van der Waals surface area contributed by atoms with E-state index in [4.69, 9.17) is 10.5 Å². The number of aliphatic hydroxyl groups excluding tert-OH is 3. The molecule has 28 heavy (non-hydrogen) atoms. The highest BCUT2D eigenvalue weighted by Gasteiger charge is 2.44. The van der Waals surface area contributed by atoms with Crippen LogP contribution in [0.25, 0.3) is 11.2 Å². The molecule has 4 atom stereocenters. The first-order valence-electron chi connectivity index (χ1n) is 8.58. The monoisotopic (exact) mass is 390 g/mol. The number of nitrogens with two attached hydrogens (primary N) is 1. The van der Waals surface area contributed by atoms with Crippen LogP contribution in [0.3, 0.4) is 0 Å². The zero-order chi connectivity index (χ0) is 19.8. The van der Waals surface area contributed by atoms with Gasteiger partial charge in [-0.15, -0.1) is 0 Å². The minimum Gasteiger partial charge on any atom is -0.394 e. The molecule has 1 aliphatic rings. The second-order valence-corrected chi connectivity index (χ2v) is 6.47. The van der Waals surface area contributed by atoms with Gasteiger partial charge in [-0.2, -0.15) is 9.97 Å². The van der Waals surface area contributed by atoms with Gasteiger partial charge in [-0.05, 0) is 17.7 Å². The molecule has 3 heterocycles. The molecule has 1 aromatic carbocycles. The molecule has 4 rings (SSSR count). The summed E-state index contributed by atoms with van der Waals surface area (Å²) in [5, 5.41) is 32.5. The van der Waals surface area contributed by atoms with Crippen LogP contribution < -0.4 is 11.1 Å². The lowest BCUT2D eigenvalue weighted by Crippen LogP contribution is -2.33. The SMILES string of the molecule is Nc1nc(NCc2cccc(F)c2)c2ncn([C@@H]3O[C@H](CO)[C@@H](O)[C@H]3O)c2n1. The molecule has 0 amide bonds. The van der Waals surface area contributed by atoms with Gasteiger partial charge in [0.25, 0.3) is 0 Å². The number of imidazole rings is 1. The number of nitrogens with one attached hydrogen (secondary N) is 1. The van der Waals surface area contributed by atoms with Crippen molar-refractivity contribution in [3.8, 4) is 0 Å². The van der Waals surface area contributed by atoms with Gasteiger partial charge in [0.15, 0.2) is 23.2 Å². The molecule has 2 aromatic heterocycles. The number of nitrogens with zero attached hydrogens (tertiary/aromatic N) is 4. The van der Waals surface area contributed by atoms with Gasteiger partial charge < -0.3 is 31.1 Å². The van der Waals surface area contributed by atoms with Gasteiger partial charge in [0.1, 0.15) is 24.1 Å². The molecule has 10 nitrogen and oxygen atoms in total. The highest BCUT2D eigenvalue weighted by atomic mass is 19.1. The van der Waals surface area contributed by atoms with E-state index in [9.17, 15) is 19.7 Å². The molecule has 1 fully saturated rings. The van der Waals surface area contributed by atoms with Gasteiger partial charge in [0.05, 0.1) is 12.9 Å². The standard InChI is InChI=1S/C17H19FN6O4/c18-9-3-1-2-8(4-9)5-20-14-11-15(23-17(19)22-14)24(7-21-11)16-13(27)12(26)10(6-25)28-16/h1-4,7,10,12-13,16,25-27H,5-6H2,(H3,19,20,22,23)/t10-,12-,13-,16-/m1/s1. The third-order valence-electron chi connectivity index (χ3n) is 4.58. The van der Waals surface area contributed by atoms with Crippen molar-refractivity contribution < 1.29 is 24.4 Å². The van der Waals surface area contributed by atoms with Crippen molar-refractivity contribution in [3.05, 3.63) is 42.0 Å². The van der Waals surface area contributed by atoms with Crippen molar-refractivity contribution in [2.24, 2.45) is 0 Å². The maximum Gasteiger partial charge on any atom is 0.224 e. The fourth-order valence-corrected chi connectivity index (χ4v) is 3.19. The molecule has 0 spiro atoms. The number of ether oxygens (including phenoxy) is 1. The lowest BCUT2D eigenvalue weighted by Gasteiger charge is -2.16. The molecule has 1 aliphatic heterocycles. The van der Waals surface area contributed by atoms with Crippen LogP contribution in [0, 0.1) is 5.82 Å². The summed E-state index contributed by atoms with van der Waals surface area (Å²) in [7, 11) is 0. The average molecular weight is 390 g/mol. The molecule has 0 aliphatic carbocycles. The average Bonchev–Trinajstić information content (AvgIpc) is 3.21. The van der Waals surface area contributed by atoms with Crippen LogP contribution in [0.4, 0.5) is 16.2 Å². The molecular formula is C17H19FN6O4. The van der Waals surface area contributed by atoms with Crippen molar-refractivity contribution in [1.29, 1.82) is 0 Å². The Morgan fingerprint density at radius 1 is 1.25 bits per heavy atom. The first kappa shape index (κ1) is 18.5. The normalized spacial score (nSPS) is 24.7. The Morgan fingerprint density at radius 3 is 2.79 bits per heavy atom. The van der Waals surface area contributed by atoms with Crippen LogP contribution in [0.15, 0.2) is 30.6 Å². The lowest BCUT2D eigenvalue weighted by atomic mass is 10.1. The summed E-state index contributed by atoms with van der Waals surface area (Å²) in [5.74, 6) is -0.0553. The molecule has 0 unspecified atom stereocenters. The summed E-state index contributed by atoms with van der Waals surface area (Å²) in [5.41, 5.74) is 7.15. The van der Waals surface area contributed by atoms with Crippen LogP contribution in [0.2, 0.25) is 0 Å². The van der Waals surface area contributed by atoms with Gasteiger partial charge in [0.2, 0.25) is 5.95 Å². The van der Waals surface area contributed by atoms with E-state index < -0.39 is 31.1 Å². The quantitative estimate of drug-likeness (QED) is 0.398. The number of anilines is 2. The third kappa shape index (κ3) is 3.24. The Balaban J connectivity index is 1.65. The molecular weight excluding hydrogens is 371 g/mol. The predicted molar refractivity (Wildman–Crippen MR) is 96.5 cm³/mol. The summed E-state index contributed by atoms with van der Waals surface area (Å²) in [6.07, 6.45) is -3.08. The van der Waals surface area contributed by atoms with E-state index in [1.807, 2.05) is 0 Å². The van der Waals surface area contributed by atoms with E-state index in [0.29, 0.717) is 16.9 Å². The second-order valence-electron chi connectivity index (χ2n) is 6.47. The van der Waals surface area contributed by atoms with Crippen molar-refractivity contribution in [2.75, 3.05) is 17.7 Å². The molecule has 0 saturated carbocycles. The number of fused-ring (bicyclic) bond motifs is 1. The summed E-state index contributed by atoms with van der Waals surface area (Å²) >= 11 is 0. The predicted octanol–water partition coefficient (Wildman–Crippen LogP) is -0.229. The molecule has 0 bridgehead atoms. The maximum atomic E-state index is 13.4. The highest BCUT2D eigenvalue weighted by molar-refractivity contribution is 5.84. The van der Waals surface area contributed by atoms with Crippen LogP contribution in [-0.2, 0) is 11.3 Å². The Labute approximate surface area is 158 Å². The van der Waals surface area contributed by atoms with E-state index in [1.165, 1.54) is 23.0 Å². The van der Waals surface area contributed by atoms with Crippen molar-refractivity contribution in [1.82, 2.24) is 19.5 Å². The molecule has 1 saturated heterocycles. The molecule has 6 N–H and O–H groups in total. The molecule has 0 radical (unpaired) electrons. The maximum absolute atomic E-state index is 13.4. The van der Waals surface area contributed by atoms with Gasteiger partial charge in [-0.25, -0.2) is 9.37 Å². The third-order valence-corrected chi connectivity index (χ3v) is 4.58. The number of hydrogen-bond donors (Lipinski definition) is 5. The topological polar surface area (TPSA) is 152 Å². The fraction of sp³-hybridized carbons (Fsp3) is 0.353. The second kappa shape index (κ2) is 7.28. The van der Waals surface area contributed by atoms with Gasteiger partial charge >= 0.3 is 0 Å². The number of rotatable bonds is 5. The molecule has 3 aromatic rings. The number of aromatic nitrogens is 4. The van der Waals surface area contributed by atoms with E-state index in [-0.39, 0.29) is 24.0 Å². The summed E-state index contributed by atoms with van der Waals surface area (Å²) in [6, 6.07) is 6.11. The van der Waals surface area contributed by atoms with Crippen LogP contribution in [0.5, 0.6) is 0 Å². The van der Waals surface area contributed by atoms with E-state index in [2.05, 4.69) is 20.3 Å². The Hall–Kier alpha value is -2.86. The van der Waals surface area contributed by atoms with E-state index in [0.717, 1.165) is 0 Å². The number of nitrogen functional groups attached to an aromatic ring is 1. The van der Waals surface area contributed by atoms with E-state index >= 15 is 0 Å². The highest BCUT2D eigenvalue weighted by Crippen LogP contribution is 2.32. The minimum atomic E-state index is -1.28. The number of aliphatic hydroxyl groups is 3. The Morgan fingerprint density at radius 2 is 2.07 bits per heavy atom. The zero-order valence-corrected chi connectivity index (χ0v) is 14.6. The number of halogens is 1. The smallest absolute Gasteiger partial charge is 0.224 e. The van der Waals surface area contributed by atoms with Crippen LogP contribution >= 0.6 is 0 Å². The van der Waals surface area contributed by atoms with Gasteiger partial charge in [-0.1, -0.05) is 12.1 Å². The molecule has 148 valence electrons. The van der Waals surface area contributed by atoms with Crippen LogP contribution in [-0.4, -0.2) is 59.8 Å². The number of benzene rings is 1. The number of hydrogen-bond acceptors (Lipinski definition) is 9. The van der Waals surface area contributed by atoms with Gasteiger partial charge in [-0.3, -0.25) is 4.57 Å². The Bertz CT molecular complexity index is 999. The van der Waals surface area contributed by atoms with Crippen LogP contribution in [0.1, 0.15) is 11.8 Å². The van der Waals surface area contributed by atoms with Crippen molar-refractivity contribution in [2.45, 2.75) is 31.1 Å². The zero-order valence-electron chi connectivity index (χ0n) is 14.6.